The molecule has 0 saturated carbocycles. The summed E-state index contributed by atoms with van der Waals surface area (Å²) in [6, 6.07) is 20.8. The highest BCUT2D eigenvalue weighted by molar-refractivity contribution is 7.19. The molecule has 2 aromatic heterocycles. The summed E-state index contributed by atoms with van der Waals surface area (Å²) < 4.78 is 6.95. The van der Waals surface area contributed by atoms with Crippen molar-refractivity contribution in [1.82, 2.24) is 9.97 Å². The standard InChI is InChI=1S/C33H28N4O4S/c1-22-18-25(31(32(40)24-10-12-35-13-11-24)33-36-28-4-2-3-5-30(28)42-33)20-29(41-22)26(21-34)19-23-6-8-27(9-7-23)37(14-16-38)15-17-39/h2-13,18-20,38-39H,14-17H2,1H3/b26-19+,31-25-. The number of hydrogen-bond acceptors (Lipinski definition) is 9. The Hall–Kier alpha value is -4.88. The number of anilines is 1. The monoisotopic (exact) mass is 576 g/mol. The number of nitriles is 1. The lowest BCUT2D eigenvalue weighted by Gasteiger charge is -2.23. The molecule has 1 aliphatic heterocycles. The number of thiazole rings is 1. The highest BCUT2D eigenvalue weighted by atomic mass is 32.1. The fraction of sp³-hybridized carbons (Fsp3) is 0.152. The number of ketones is 1. The van der Waals surface area contributed by atoms with Crippen molar-refractivity contribution >= 4 is 44.7 Å². The van der Waals surface area contributed by atoms with Gasteiger partial charge in [0.05, 0.1) is 34.6 Å². The molecule has 0 spiro atoms. The summed E-state index contributed by atoms with van der Waals surface area (Å²) in [7, 11) is 0. The number of Topliss-reactive ketones (excluding diaryl/α,β-unsaturated/α-hetero) is 1. The van der Waals surface area contributed by atoms with E-state index in [1.807, 2.05) is 53.4 Å². The Morgan fingerprint density at radius 2 is 1.74 bits per heavy atom. The number of aromatic nitrogens is 2. The van der Waals surface area contributed by atoms with E-state index in [-0.39, 0.29) is 24.6 Å². The number of pyridine rings is 1. The second-order valence-electron chi connectivity index (χ2n) is 9.44. The van der Waals surface area contributed by atoms with Crippen molar-refractivity contribution in [3.8, 4) is 6.07 Å². The van der Waals surface area contributed by atoms with Crippen molar-refractivity contribution in [2.45, 2.75) is 6.92 Å². The van der Waals surface area contributed by atoms with Crippen LogP contribution in [0.3, 0.4) is 0 Å². The Balaban J connectivity index is 1.58. The molecule has 0 unspecified atom stereocenters. The summed E-state index contributed by atoms with van der Waals surface area (Å²) in [6.45, 7) is 2.51. The number of benzene rings is 2. The summed E-state index contributed by atoms with van der Waals surface area (Å²) in [6.07, 6.45) is 8.37. The van der Waals surface area contributed by atoms with Gasteiger partial charge in [0.1, 0.15) is 22.6 Å². The third-order valence-electron chi connectivity index (χ3n) is 6.58. The summed E-state index contributed by atoms with van der Waals surface area (Å²) in [5, 5.41) is 29.4. The fourth-order valence-corrected chi connectivity index (χ4v) is 5.64. The van der Waals surface area contributed by atoms with E-state index in [0.29, 0.717) is 46.3 Å². The lowest BCUT2D eigenvalue weighted by Crippen LogP contribution is -2.29. The molecule has 0 saturated heterocycles. The number of fused-ring (bicyclic) bond motifs is 1. The summed E-state index contributed by atoms with van der Waals surface area (Å²) >= 11 is 1.43. The fourth-order valence-electron chi connectivity index (χ4n) is 4.61. The first-order chi connectivity index (χ1) is 20.5. The second kappa shape index (κ2) is 13.2. The number of aliphatic hydroxyl groups excluding tert-OH is 2. The minimum atomic E-state index is -0.207. The van der Waals surface area contributed by atoms with E-state index in [9.17, 15) is 20.3 Å². The Morgan fingerprint density at radius 3 is 2.40 bits per heavy atom. The van der Waals surface area contributed by atoms with E-state index in [1.165, 1.54) is 11.3 Å². The highest BCUT2D eigenvalue weighted by Crippen LogP contribution is 2.35. The van der Waals surface area contributed by atoms with E-state index in [0.717, 1.165) is 21.5 Å². The third kappa shape index (κ3) is 6.37. The second-order valence-corrected chi connectivity index (χ2v) is 10.5. The molecule has 0 aliphatic carbocycles. The van der Waals surface area contributed by atoms with Crippen molar-refractivity contribution in [3.63, 3.8) is 0 Å². The summed E-state index contributed by atoms with van der Waals surface area (Å²) in [4.78, 5) is 24.6. The number of ether oxygens (including phenoxy) is 1. The van der Waals surface area contributed by atoms with Crippen molar-refractivity contribution < 1.29 is 19.7 Å². The Labute approximate surface area is 247 Å². The van der Waals surface area contributed by atoms with Gasteiger partial charge in [0, 0.05) is 36.7 Å². The van der Waals surface area contributed by atoms with Gasteiger partial charge in [-0.15, -0.1) is 11.3 Å². The third-order valence-corrected chi connectivity index (χ3v) is 7.63. The molecule has 210 valence electrons. The molecule has 3 heterocycles. The van der Waals surface area contributed by atoms with Gasteiger partial charge in [0.25, 0.3) is 0 Å². The van der Waals surface area contributed by atoms with Gasteiger partial charge in [0.15, 0.2) is 5.78 Å². The molecule has 8 nitrogen and oxygen atoms in total. The number of nitrogens with zero attached hydrogens (tertiary/aromatic N) is 4. The van der Waals surface area contributed by atoms with Gasteiger partial charge in [0.2, 0.25) is 0 Å². The van der Waals surface area contributed by atoms with Crippen LogP contribution in [0.15, 0.2) is 108 Å². The number of carbonyl (C=O) groups is 1. The predicted octanol–water partition coefficient (Wildman–Crippen LogP) is 5.54. The van der Waals surface area contributed by atoms with E-state index in [2.05, 4.69) is 11.1 Å². The number of allylic oxidation sites excluding steroid dienone is 6. The van der Waals surface area contributed by atoms with Crippen LogP contribution in [0.4, 0.5) is 5.69 Å². The lowest BCUT2D eigenvalue weighted by molar-refractivity contribution is 0.105. The molecule has 9 heteroatoms. The highest BCUT2D eigenvalue weighted by Gasteiger charge is 2.24. The maximum Gasteiger partial charge on any atom is 0.196 e. The normalized spacial score (nSPS) is 14.5. The van der Waals surface area contributed by atoms with Crippen LogP contribution in [0.2, 0.25) is 0 Å². The van der Waals surface area contributed by atoms with Crippen LogP contribution in [0.5, 0.6) is 0 Å². The molecule has 42 heavy (non-hydrogen) atoms. The molecule has 0 radical (unpaired) electrons. The first-order valence-corrected chi connectivity index (χ1v) is 14.1. The van der Waals surface area contributed by atoms with Gasteiger partial charge in [-0.3, -0.25) is 9.78 Å². The molecule has 5 rings (SSSR count). The molecule has 2 aromatic carbocycles. The molecule has 0 atom stereocenters. The van der Waals surface area contributed by atoms with Gasteiger partial charge in [-0.1, -0.05) is 24.3 Å². The number of carbonyl (C=O) groups excluding carboxylic acids is 1. The maximum atomic E-state index is 13.9. The minimum absolute atomic E-state index is 0.0306. The molecule has 0 fully saturated rings. The molecule has 2 N–H and O–H groups in total. The number of aliphatic hydroxyl groups is 2. The average molecular weight is 577 g/mol. The zero-order valence-electron chi connectivity index (χ0n) is 22.9. The van der Waals surface area contributed by atoms with Crippen LogP contribution in [0, 0.1) is 11.3 Å². The van der Waals surface area contributed by atoms with Crippen molar-refractivity contribution in [2.75, 3.05) is 31.2 Å². The van der Waals surface area contributed by atoms with E-state index >= 15 is 0 Å². The largest absolute Gasteiger partial charge is 0.461 e. The first-order valence-electron chi connectivity index (χ1n) is 13.3. The SMILES string of the molecule is CC1=C/C(=C(\C(=O)c2ccncc2)c2nc3ccccc3s2)C=C(/C(C#N)=C/c2ccc(N(CCO)CCO)cc2)O1. The Bertz CT molecular complexity index is 1720. The Kier molecular flexibility index (Phi) is 8.99. The van der Waals surface area contributed by atoms with Crippen molar-refractivity contribution in [2.24, 2.45) is 0 Å². The van der Waals surface area contributed by atoms with Gasteiger partial charge < -0.3 is 19.8 Å². The molecule has 1 aliphatic rings. The van der Waals surface area contributed by atoms with Crippen LogP contribution < -0.4 is 4.90 Å². The molecular formula is C33H28N4O4S. The predicted molar refractivity (Wildman–Crippen MR) is 164 cm³/mol. The van der Waals surface area contributed by atoms with Crippen LogP contribution in [-0.2, 0) is 4.74 Å². The van der Waals surface area contributed by atoms with Gasteiger partial charge in [-0.2, -0.15) is 5.26 Å². The molecular weight excluding hydrogens is 548 g/mol. The van der Waals surface area contributed by atoms with Crippen LogP contribution in [0.1, 0.15) is 27.9 Å². The maximum absolute atomic E-state index is 13.9. The van der Waals surface area contributed by atoms with Crippen LogP contribution in [0.25, 0.3) is 21.9 Å². The van der Waals surface area contributed by atoms with Crippen LogP contribution in [-0.4, -0.2) is 52.3 Å². The van der Waals surface area contributed by atoms with E-state index < -0.39 is 0 Å². The number of rotatable bonds is 10. The molecule has 0 amide bonds. The zero-order valence-corrected chi connectivity index (χ0v) is 23.7. The van der Waals surface area contributed by atoms with Gasteiger partial charge in [-0.05, 0) is 72.7 Å². The first kappa shape index (κ1) is 28.6. The van der Waals surface area contributed by atoms with Gasteiger partial charge >= 0.3 is 0 Å². The number of para-hydroxylation sites is 1. The van der Waals surface area contributed by atoms with Crippen LogP contribution >= 0.6 is 11.3 Å². The summed E-state index contributed by atoms with van der Waals surface area (Å²) in [5.41, 5.74) is 4.19. The van der Waals surface area contributed by atoms with Crippen molar-refractivity contribution in [3.05, 3.63) is 124 Å². The lowest BCUT2D eigenvalue weighted by atomic mass is 9.96. The molecule has 0 bridgehead atoms. The molecule has 4 aromatic rings. The average Bonchev–Trinajstić information content (AvgIpc) is 3.44. The van der Waals surface area contributed by atoms with E-state index in [4.69, 9.17) is 9.72 Å². The van der Waals surface area contributed by atoms with Crippen molar-refractivity contribution in [1.29, 1.82) is 5.26 Å². The minimum Gasteiger partial charge on any atom is -0.461 e. The Morgan fingerprint density at radius 1 is 1.02 bits per heavy atom. The smallest absolute Gasteiger partial charge is 0.196 e. The summed E-state index contributed by atoms with van der Waals surface area (Å²) in [5.74, 6) is 0.644. The topological polar surface area (TPSA) is 120 Å². The zero-order chi connectivity index (χ0) is 29.5. The number of hydrogen-bond donors (Lipinski definition) is 2. The van der Waals surface area contributed by atoms with Gasteiger partial charge in [-0.25, -0.2) is 4.98 Å². The quantitative estimate of drug-likeness (QED) is 0.143. The van der Waals surface area contributed by atoms with E-state index in [1.54, 1.807) is 49.7 Å².